The molecular formula is C22H26N4O3S. The third kappa shape index (κ3) is 4.88. The first-order valence-electron chi connectivity index (χ1n) is 10.2. The van der Waals surface area contributed by atoms with Crippen LogP contribution < -0.4 is 15.6 Å². The molecular weight excluding hydrogens is 400 g/mol. The molecule has 1 N–H and O–H groups in total. The highest BCUT2D eigenvalue weighted by Crippen LogP contribution is 2.18. The fourth-order valence-electron chi connectivity index (χ4n) is 3.84. The number of rotatable bonds is 7. The maximum Gasteiger partial charge on any atom is 0.262 e. The highest BCUT2D eigenvalue weighted by atomic mass is 32.1. The number of hydrogen-bond acceptors (Lipinski definition) is 6. The quantitative estimate of drug-likeness (QED) is 0.629. The number of nitrogens with one attached hydrogen (secondary N) is 1. The van der Waals surface area contributed by atoms with Gasteiger partial charge in [-0.05, 0) is 42.0 Å². The van der Waals surface area contributed by atoms with Gasteiger partial charge in [0.1, 0.15) is 10.6 Å². The van der Waals surface area contributed by atoms with Crippen LogP contribution in [0.15, 0.2) is 46.8 Å². The van der Waals surface area contributed by atoms with E-state index in [0.717, 1.165) is 43.1 Å². The van der Waals surface area contributed by atoms with Crippen molar-refractivity contribution in [3.05, 3.63) is 58.0 Å². The molecule has 1 aliphatic rings. The Morgan fingerprint density at radius 2 is 2.13 bits per heavy atom. The van der Waals surface area contributed by atoms with Gasteiger partial charge in [-0.15, -0.1) is 11.3 Å². The summed E-state index contributed by atoms with van der Waals surface area (Å²) in [6, 6.07) is 10.1. The molecule has 0 aliphatic carbocycles. The summed E-state index contributed by atoms with van der Waals surface area (Å²) in [6.07, 6.45) is 3.67. The highest BCUT2D eigenvalue weighted by Gasteiger charge is 2.21. The number of carbonyl (C=O) groups is 1. The molecule has 158 valence electrons. The van der Waals surface area contributed by atoms with Gasteiger partial charge < -0.3 is 10.1 Å². The zero-order valence-corrected chi connectivity index (χ0v) is 17.9. The van der Waals surface area contributed by atoms with Gasteiger partial charge in [0.2, 0.25) is 5.91 Å². The van der Waals surface area contributed by atoms with E-state index >= 15 is 0 Å². The number of ether oxygens (including phenoxy) is 1. The molecule has 0 unspecified atom stereocenters. The van der Waals surface area contributed by atoms with Crippen molar-refractivity contribution in [2.75, 3.05) is 20.2 Å². The molecule has 3 aromatic rings. The van der Waals surface area contributed by atoms with Crippen molar-refractivity contribution in [1.29, 1.82) is 0 Å². The van der Waals surface area contributed by atoms with Crippen molar-refractivity contribution < 1.29 is 9.53 Å². The minimum absolute atomic E-state index is 0.0152. The van der Waals surface area contributed by atoms with Crippen molar-refractivity contribution in [2.24, 2.45) is 0 Å². The van der Waals surface area contributed by atoms with Crippen molar-refractivity contribution in [3.63, 3.8) is 0 Å². The van der Waals surface area contributed by atoms with Crippen LogP contribution in [0, 0.1) is 0 Å². The molecule has 0 radical (unpaired) electrons. The third-order valence-corrected chi connectivity index (χ3v) is 6.34. The van der Waals surface area contributed by atoms with Gasteiger partial charge in [-0.3, -0.25) is 19.1 Å². The number of likely N-dealkylation sites (tertiary alicyclic amines) is 1. The van der Waals surface area contributed by atoms with E-state index in [-0.39, 0.29) is 23.9 Å². The lowest BCUT2D eigenvalue weighted by molar-refractivity contribution is -0.122. The van der Waals surface area contributed by atoms with Gasteiger partial charge in [-0.1, -0.05) is 12.1 Å². The summed E-state index contributed by atoms with van der Waals surface area (Å²) in [5.41, 5.74) is 1.15. The topological polar surface area (TPSA) is 76.5 Å². The van der Waals surface area contributed by atoms with E-state index in [2.05, 4.69) is 27.3 Å². The number of piperidine rings is 1. The predicted molar refractivity (Wildman–Crippen MR) is 118 cm³/mol. The van der Waals surface area contributed by atoms with Crippen LogP contribution in [0.25, 0.3) is 10.2 Å². The normalized spacial score (nSPS) is 15.4. The molecule has 1 aromatic carbocycles. The number of amides is 1. The van der Waals surface area contributed by atoms with Crippen LogP contribution in [0.1, 0.15) is 24.8 Å². The molecule has 4 rings (SSSR count). The van der Waals surface area contributed by atoms with E-state index < -0.39 is 0 Å². The van der Waals surface area contributed by atoms with Crippen LogP contribution in [-0.4, -0.2) is 46.6 Å². The predicted octanol–water partition coefficient (Wildman–Crippen LogP) is 2.64. The number of fused-ring (bicyclic) bond motifs is 1. The number of aryl methyl sites for hydroxylation is 1. The minimum atomic E-state index is -0.0834. The molecule has 1 fully saturated rings. The second kappa shape index (κ2) is 9.40. The van der Waals surface area contributed by atoms with Crippen molar-refractivity contribution in [1.82, 2.24) is 19.8 Å². The summed E-state index contributed by atoms with van der Waals surface area (Å²) in [7, 11) is 1.68. The zero-order valence-electron chi connectivity index (χ0n) is 17.0. The Balaban J connectivity index is 1.23. The summed E-state index contributed by atoms with van der Waals surface area (Å²) in [6.45, 7) is 3.12. The van der Waals surface area contributed by atoms with Crippen molar-refractivity contribution >= 4 is 27.5 Å². The molecule has 7 nitrogen and oxygen atoms in total. The smallest absolute Gasteiger partial charge is 0.262 e. The van der Waals surface area contributed by atoms with Gasteiger partial charge in [0, 0.05) is 38.6 Å². The highest BCUT2D eigenvalue weighted by molar-refractivity contribution is 7.16. The fourth-order valence-corrected chi connectivity index (χ4v) is 4.56. The van der Waals surface area contributed by atoms with Crippen molar-refractivity contribution in [3.8, 4) is 5.75 Å². The fraction of sp³-hybridized carbons (Fsp3) is 0.409. The number of methoxy groups -OCH3 is 1. The Morgan fingerprint density at radius 3 is 2.93 bits per heavy atom. The average molecular weight is 427 g/mol. The van der Waals surface area contributed by atoms with Gasteiger partial charge in [0.25, 0.3) is 5.56 Å². The zero-order chi connectivity index (χ0) is 20.9. The maximum atomic E-state index is 12.4. The Labute approximate surface area is 179 Å². The first-order valence-corrected chi connectivity index (χ1v) is 11.1. The molecule has 1 amide bonds. The minimum Gasteiger partial charge on any atom is -0.497 e. The van der Waals surface area contributed by atoms with Crippen LogP contribution in [0.4, 0.5) is 0 Å². The Morgan fingerprint density at radius 1 is 1.30 bits per heavy atom. The largest absolute Gasteiger partial charge is 0.497 e. The lowest BCUT2D eigenvalue weighted by Crippen LogP contribution is -2.44. The van der Waals surface area contributed by atoms with Gasteiger partial charge in [0.05, 0.1) is 18.8 Å². The van der Waals surface area contributed by atoms with E-state index in [1.807, 2.05) is 17.5 Å². The van der Waals surface area contributed by atoms with E-state index in [1.54, 1.807) is 13.2 Å². The summed E-state index contributed by atoms with van der Waals surface area (Å²) in [5.74, 6) is 0.862. The maximum absolute atomic E-state index is 12.4. The monoisotopic (exact) mass is 426 g/mol. The molecule has 3 heterocycles. The third-order valence-electron chi connectivity index (χ3n) is 5.52. The summed E-state index contributed by atoms with van der Waals surface area (Å²) >= 11 is 1.45. The van der Waals surface area contributed by atoms with Gasteiger partial charge in [-0.2, -0.15) is 0 Å². The molecule has 8 heteroatoms. The molecule has 0 saturated carbocycles. The number of hydrogen-bond donors (Lipinski definition) is 1. The van der Waals surface area contributed by atoms with Gasteiger partial charge in [-0.25, -0.2) is 4.98 Å². The molecule has 0 bridgehead atoms. The summed E-state index contributed by atoms with van der Waals surface area (Å²) in [5, 5.41) is 5.60. The van der Waals surface area contributed by atoms with Crippen LogP contribution >= 0.6 is 11.3 Å². The Hall–Kier alpha value is -2.71. The molecule has 2 aromatic heterocycles. The molecule has 1 aliphatic heterocycles. The first kappa shape index (κ1) is 20.6. The molecule has 30 heavy (non-hydrogen) atoms. The lowest BCUT2D eigenvalue weighted by Gasteiger charge is -2.32. The standard InChI is InChI=1S/C22H26N4O3S/c1-29-18-4-2-3-16(13-18)14-25-9-5-17(6-10-25)24-20(27)7-11-26-15-23-21-19(22(26)28)8-12-30-21/h2-4,8,12-13,15,17H,5-7,9-11,14H2,1H3,(H,24,27). The van der Waals surface area contributed by atoms with Crippen LogP contribution in [0.3, 0.4) is 0 Å². The van der Waals surface area contributed by atoms with E-state index in [1.165, 1.54) is 27.8 Å². The van der Waals surface area contributed by atoms with Crippen molar-refractivity contribution in [2.45, 2.75) is 38.4 Å². The Kier molecular flexibility index (Phi) is 6.44. The molecule has 1 saturated heterocycles. The second-order valence-corrected chi connectivity index (χ2v) is 8.50. The van der Waals surface area contributed by atoms with E-state index in [0.29, 0.717) is 11.9 Å². The van der Waals surface area contributed by atoms with E-state index in [9.17, 15) is 9.59 Å². The number of nitrogens with zero attached hydrogens (tertiary/aromatic N) is 3. The van der Waals surface area contributed by atoms with Gasteiger partial charge >= 0.3 is 0 Å². The lowest BCUT2D eigenvalue weighted by atomic mass is 10.0. The SMILES string of the molecule is COc1cccc(CN2CCC(NC(=O)CCn3cnc4sccc4c3=O)CC2)c1. The first-order chi connectivity index (χ1) is 14.6. The van der Waals surface area contributed by atoms with Crippen LogP contribution in [0.5, 0.6) is 5.75 Å². The van der Waals surface area contributed by atoms with E-state index in [4.69, 9.17) is 4.74 Å². The van der Waals surface area contributed by atoms with Crippen LogP contribution in [0.2, 0.25) is 0 Å². The summed E-state index contributed by atoms with van der Waals surface area (Å²) in [4.78, 5) is 32.2. The number of carbonyl (C=O) groups excluding carboxylic acids is 1. The summed E-state index contributed by atoms with van der Waals surface area (Å²) < 4.78 is 6.81. The second-order valence-electron chi connectivity index (χ2n) is 7.60. The van der Waals surface area contributed by atoms with Crippen LogP contribution in [-0.2, 0) is 17.9 Å². The Bertz CT molecular complexity index is 1070. The number of thiophene rings is 1. The molecule has 0 spiro atoms. The van der Waals surface area contributed by atoms with Gasteiger partial charge in [0.15, 0.2) is 0 Å². The average Bonchev–Trinajstić information content (AvgIpc) is 3.25. The number of aromatic nitrogens is 2. The number of benzene rings is 1. The molecule has 0 atom stereocenters.